The summed E-state index contributed by atoms with van der Waals surface area (Å²) in [6.07, 6.45) is 5.29. The fraction of sp³-hybridized carbons (Fsp3) is 0.267. The fourth-order valence-electron chi connectivity index (χ4n) is 1.62. The number of aryl methyl sites for hydroxylation is 1. The predicted octanol–water partition coefficient (Wildman–Crippen LogP) is 3.31. The summed E-state index contributed by atoms with van der Waals surface area (Å²) in [6, 6.07) is 3.57. The quantitative estimate of drug-likeness (QED) is 0.633. The molecule has 96 valence electrons. The molecule has 0 amide bonds. The number of hydrogen-bond acceptors (Lipinski definition) is 2. The van der Waals surface area contributed by atoms with E-state index in [0.717, 1.165) is 22.8 Å². The van der Waals surface area contributed by atoms with Crippen molar-refractivity contribution < 1.29 is 15.0 Å². The van der Waals surface area contributed by atoms with Crippen LogP contribution in [-0.4, -0.2) is 16.2 Å². The highest BCUT2D eigenvalue weighted by atomic mass is 16.4. The van der Waals surface area contributed by atoms with E-state index in [9.17, 15) is 9.90 Å². The second kappa shape index (κ2) is 6.05. The van der Waals surface area contributed by atoms with Gasteiger partial charge in [-0.15, -0.1) is 0 Å². The highest BCUT2D eigenvalue weighted by molar-refractivity contribution is 5.85. The lowest BCUT2D eigenvalue weighted by atomic mass is 10.0. The third kappa shape index (κ3) is 4.09. The predicted molar refractivity (Wildman–Crippen MR) is 72.6 cm³/mol. The van der Waals surface area contributed by atoms with Gasteiger partial charge in [0.15, 0.2) is 0 Å². The van der Waals surface area contributed by atoms with E-state index in [1.165, 1.54) is 11.6 Å². The van der Waals surface area contributed by atoms with Gasteiger partial charge in [0.25, 0.3) is 0 Å². The zero-order valence-electron chi connectivity index (χ0n) is 10.9. The highest BCUT2D eigenvalue weighted by Gasteiger charge is 2.05. The maximum atomic E-state index is 10.5. The Hall–Kier alpha value is -2.03. The van der Waals surface area contributed by atoms with Crippen LogP contribution >= 0.6 is 0 Å². The van der Waals surface area contributed by atoms with Gasteiger partial charge in [-0.1, -0.05) is 11.6 Å². The van der Waals surface area contributed by atoms with E-state index in [1.54, 1.807) is 19.1 Å². The number of phenols is 1. The fourth-order valence-corrected chi connectivity index (χ4v) is 1.62. The van der Waals surface area contributed by atoms with Crippen molar-refractivity contribution in [2.24, 2.45) is 0 Å². The number of hydrogen-bond donors (Lipinski definition) is 2. The van der Waals surface area contributed by atoms with E-state index < -0.39 is 5.97 Å². The van der Waals surface area contributed by atoms with Crippen LogP contribution in [0.5, 0.6) is 5.75 Å². The molecule has 0 atom stereocenters. The van der Waals surface area contributed by atoms with Gasteiger partial charge in [0, 0.05) is 6.08 Å². The molecule has 0 radical (unpaired) electrons. The molecular weight excluding hydrogens is 228 g/mol. The number of carboxylic acids is 1. The number of carboxylic acid groups (broad SMARTS) is 1. The molecule has 0 spiro atoms. The summed E-state index contributed by atoms with van der Waals surface area (Å²) in [4.78, 5) is 10.5. The lowest BCUT2D eigenvalue weighted by Crippen LogP contribution is -1.90. The second-order valence-electron chi connectivity index (χ2n) is 4.50. The lowest BCUT2D eigenvalue weighted by molar-refractivity contribution is -0.131. The zero-order chi connectivity index (χ0) is 13.7. The molecule has 0 fully saturated rings. The molecule has 0 saturated heterocycles. The average molecular weight is 246 g/mol. The Balaban J connectivity index is 3.10. The molecule has 2 N–H and O–H groups in total. The molecule has 0 heterocycles. The van der Waals surface area contributed by atoms with Crippen molar-refractivity contribution in [1.82, 2.24) is 0 Å². The van der Waals surface area contributed by atoms with Gasteiger partial charge in [-0.2, -0.15) is 0 Å². The first-order valence-electron chi connectivity index (χ1n) is 5.77. The number of allylic oxidation sites excluding steroid dienone is 2. The first-order valence-corrected chi connectivity index (χ1v) is 5.77. The van der Waals surface area contributed by atoms with Crippen LogP contribution in [0.25, 0.3) is 6.08 Å². The monoisotopic (exact) mass is 246 g/mol. The van der Waals surface area contributed by atoms with E-state index >= 15 is 0 Å². The summed E-state index contributed by atoms with van der Waals surface area (Å²) in [7, 11) is 0. The zero-order valence-corrected chi connectivity index (χ0v) is 10.9. The molecule has 3 nitrogen and oxygen atoms in total. The van der Waals surface area contributed by atoms with Gasteiger partial charge < -0.3 is 10.2 Å². The van der Waals surface area contributed by atoms with Crippen LogP contribution in [0.1, 0.15) is 30.5 Å². The Morgan fingerprint density at radius 1 is 1.33 bits per heavy atom. The average Bonchev–Trinajstić information content (AvgIpc) is 2.28. The molecular formula is C15H18O3. The van der Waals surface area contributed by atoms with Crippen molar-refractivity contribution in [2.75, 3.05) is 0 Å². The van der Waals surface area contributed by atoms with Crippen molar-refractivity contribution in [2.45, 2.75) is 27.2 Å². The van der Waals surface area contributed by atoms with Gasteiger partial charge in [-0.25, -0.2) is 4.79 Å². The molecule has 0 aliphatic carbocycles. The second-order valence-corrected chi connectivity index (χ2v) is 4.50. The highest BCUT2D eigenvalue weighted by Crippen LogP contribution is 2.25. The molecule has 0 aliphatic heterocycles. The lowest BCUT2D eigenvalue weighted by Gasteiger charge is -2.07. The van der Waals surface area contributed by atoms with Gasteiger partial charge in [0.2, 0.25) is 0 Å². The summed E-state index contributed by atoms with van der Waals surface area (Å²) < 4.78 is 0. The summed E-state index contributed by atoms with van der Waals surface area (Å²) in [5.41, 5.74) is 3.52. The van der Waals surface area contributed by atoms with Crippen LogP contribution in [-0.2, 0) is 11.2 Å². The van der Waals surface area contributed by atoms with Gasteiger partial charge in [-0.05, 0) is 62.1 Å². The molecule has 0 aliphatic rings. The minimum atomic E-state index is -0.980. The molecule has 0 saturated carbocycles. The number of aliphatic carboxylic acids is 1. The largest absolute Gasteiger partial charge is 0.507 e. The number of rotatable bonds is 4. The summed E-state index contributed by atoms with van der Waals surface area (Å²) in [5.74, 6) is -0.702. The Morgan fingerprint density at radius 3 is 2.56 bits per heavy atom. The molecule has 3 heteroatoms. The summed E-state index contributed by atoms with van der Waals surface area (Å²) in [5, 5.41) is 18.5. The van der Waals surface area contributed by atoms with E-state index in [0.29, 0.717) is 6.42 Å². The maximum Gasteiger partial charge on any atom is 0.328 e. The molecule has 1 rings (SSSR count). The smallest absolute Gasteiger partial charge is 0.328 e. The third-order valence-corrected chi connectivity index (χ3v) is 2.55. The molecule has 1 aromatic carbocycles. The summed E-state index contributed by atoms with van der Waals surface area (Å²) in [6.45, 7) is 5.80. The number of benzene rings is 1. The first-order chi connectivity index (χ1) is 8.40. The van der Waals surface area contributed by atoms with Crippen molar-refractivity contribution in [1.29, 1.82) is 0 Å². The van der Waals surface area contributed by atoms with Crippen LogP contribution < -0.4 is 0 Å². The molecule has 0 aromatic heterocycles. The number of aromatic hydroxyl groups is 1. The number of carbonyl (C=O) groups is 1. The summed E-state index contributed by atoms with van der Waals surface area (Å²) >= 11 is 0. The Kier molecular flexibility index (Phi) is 4.72. The Bertz CT molecular complexity index is 507. The van der Waals surface area contributed by atoms with Crippen molar-refractivity contribution in [3.8, 4) is 5.75 Å². The maximum absolute atomic E-state index is 10.5. The van der Waals surface area contributed by atoms with Crippen molar-refractivity contribution in [3.05, 3.63) is 46.5 Å². The number of phenolic OH excluding ortho intramolecular Hbond substituents is 1. The topological polar surface area (TPSA) is 57.5 Å². The third-order valence-electron chi connectivity index (χ3n) is 2.55. The Morgan fingerprint density at radius 2 is 2.00 bits per heavy atom. The van der Waals surface area contributed by atoms with E-state index in [1.807, 2.05) is 19.9 Å². The van der Waals surface area contributed by atoms with E-state index in [4.69, 9.17) is 5.11 Å². The van der Waals surface area contributed by atoms with Gasteiger partial charge in [0.05, 0.1) is 0 Å². The van der Waals surface area contributed by atoms with Crippen molar-refractivity contribution in [3.63, 3.8) is 0 Å². The van der Waals surface area contributed by atoms with Gasteiger partial charge in [-0.3, -0.25) is 0 Å². The van der Waals surface area contributed by atoms with Crippen LogP contribution in [0.2, 0.25) is 0 Å². The SMILES string of the molecule is CC(C)=CCc1cc(/C=C/C(=O)O)cc(C)c1O. The standard InChI is InChI=1S/C15H18O3/c1-10(2)4-6-13-9-12(5-7-14(16)17)8-11(3)15(13)18/h4-5,7-9,18H,6H2,1-3H3,(H,16,17)/b7-5+. The molecule has 18 heavy (non-hydrogen) atoms. The van der Waals surface area contributed by atoms with Crippen LogP contribution in [0.3, 0.4) is 0 Å². The van der Waals surface area contributed by atoms with Crippen molar-refractivity contribution >= 4 is 12.0 Å². The van der Waals surface area contributed by atoms with Gasteiger partial charge in [0.1, 0.15) is 5.75 Å². The normalized spacial score (nSPS) is 10.6. The van der Waals surface area contributed by atoms with E-state index in [2.05, 4.69) is 0 Å². The van der Waals surface area contributed by atoms with Gasteiger partial charge >= 0.3 is 5.97 Å². The van der Waals surface area contributed by atoms with Crippen LogP contribution in [0, 0.1) is 6.92 Å². The molecule has 0 unspecified atom stereocenters. The first kappa shape index (κ1) is 14.0. The molecule has 0 bridgehead atoms. The van der Waals surface area contributed by atoms with Crippen LogP contribution in [0.4, 0.5) is 0 Å². The van der Waals surface area contributed by atoms with Crippen LogP contribution in [0.15, 0.2) is 29.9 Å². The van der Waals surface area contributed by atoms with E-state index in [-0.39, 0.29) is 5.75 Å². The minimum Gasteiger partial charge on any atom is -0.507 e. The minimum absolute atomic E-state index is 0.278. The molecule has 1 aromatic rings. The Labute approximate surface area is 107 Å².